The highest BCUT2D eigenvalue weighted by Gasteiger charge is 2.58. The Balaban J connectivity index is 1.73. The molecule has 0 radical (unpaired) electrons. The van der Waals surface area contributed by atoms with Crippen LogP contribution in [-0.2, 0) is 4.79 Å². The summed E-state index contributed by atoms with van der Waals surface area (Å²) in [4.78, 5) is 11.8. The van der Waals surface area contributed by atoms with Crippen LogP contribution in [0.25, 0.3) is 0 Å². The molecular weight excluding hydrogens is 260 g/mol. The zero-order valence-electron chi connectivity index (χ0n) is 16.1. The molecule has 1 N–H and O–H groups in total. The fourth-order valence-electron chi connectivity index (χ4n) is 5.96. The molecule has 3 saturated carbocycles. The molecule has 6 atom stereocenters. The Bertz CT molecular complexity index is 626. The molecule has 2 heteroatoms. The van der Waals surface area contributed by atoms with Gasteiger partial charge in [0.1, 0.15) is 0 Å². The molecule has 0 bridgehead atoms. The first-order valence-corrected chi connectivity index (χ1v) is 8.49. The van der Waals surface area contributed by atoms with Gasteiger partial charge >= 0.3 is 0 Å². The molecule has 3 fully saturated rings. The number of fused-ring (bicyclic) bond motifs is 5. The summed E-state index contributed by atoms with van der Waals surface area (Å²) >= 11 is 0. The number of carbonyl (C=O) groups excluding carboxylic acids is 1. The lowest BCUT2D eigenvalue weighted by molar-refractivity contribution is -0.118. The molecule has 0 aliphatic heterocycles. The monoisotopic (exact) mass is 291 g/mol. The second-order valence-electron chi connectivity index (χ2n) is 8.15. The second-order valence-corrected chi connectivity index (χ2v) is 8.15. The summed E-state index contributed by atoms with van der Waals surface area (Å²) in [6.07, 6.45) is 3.35. The molecular formula is C19H28O2. The Morgan fingerprint density at radius 2 is 2.05 bits per heavy atom. The van der Waals surface area contributed by atoms with Crippen molar-refractivity contribution < 1.29 is 14.0 Å². The topological polar surface area (TPSA) is 37.3 Å². The summed E-state index contributed by atoms with van der Waals surface area (Å²) in [5.41, 5.74) is 0.679. The largest absolute Gasteiger partial charge is 0.393 e. The highest BCUT2D eigenvalue weighted by atomic mass is 16.3. The van der Waals surface area contributed by atoms with Crippen molar-refractivity contribution >= 4 is 5.78 Å². The predicted molar refractivity (Wildman–Crippen MR) is 82.7 cm³/mol. The molecule has 0 aromatic heterocycles. The molecule has 4 aliphatic rings. The van der Waals surface area contributed by atoms with Gasteiger partial charge in [0.25, 0.3) is 0 Å². The fraction of sp³-hybridized carbons (Fsp3) is 0.842. The van der Waals surface area contributed by atoms with Crippen molar-refractivity contribution in [2.45, 2.75) is 71.2 Å². The van der Waals surface area contributed by atoms with Gasteiger partial charge in [-0.3, -0.25) is 4.79 Å². The lowest BCUT2D eigenvalue weighted by Crippen LogP contribution is -2.51. The molecule has 0 aromatic rings. The maximum Gasteiger partial charge on any atom is 0.155 e. The highest BCUT2D eigenvalue weighted by molar-refractivity contribution is 5.91. The SMILES string of the molecule is [2H]C1([2H])CC2C3CCC4=CC(=O)CCC4(C)C3CCC2(C)[C@@]1([2H])O. The molecule has 0 heterocycles. The summed E-state index contributed by atoms with van der Waals surface area (Å²) < 4.78 is 24.9. The number of rotatable bonds is 0. The average molecular weight is 291 g/mol. The van der Waals surface area contributed by atoms with Crippen LogP contribution in [0.4, 0.5) is 0 Å². The van der Waals surface area contributed by atoms with Crippen LogP contribution in [0.5, 0.6) is 0 Å². The molecule has 21 heavy (non-hydrogen) atoms. The highest BCUT2D eigenvalue weighted by Crippen LogP contribution is 2.65. The van der Waals surface area contributed by atoms with Crippen molar-refractivity contribution in [3.63, 3.8) is 0 Å². The van der Waals surface area contributed by atoms with Gasteiger partial charge in [-0.05, 0) is 79.6 Å². The van der Waals surface area contributed by atoms with E-state index in [9.17, 15) is 9.90 Å². The lowest BCUT2D eigenvalue weighted by atomic mass is 9.47. The first-order valence-electron chi connectivity index (χ1n) is 9.99. The summed E-state index contributed by atoms with van der Waals surface area (Å²) in [6.45, 7) is 4.23. The van der Waals surface area contributed by atoms with Crippen molar-refractivity contribution in [2.24, 2.45) is 28.6 Å². The van der Waals surface area contributed by atoms with Gasteiger partial charge in [0.15, 0.2) is 5.78 Å². The van der Waals surface area contributed by atoms with Gasteiger partial charge in [-0.2, -0.15) is 0 Å². The Morgan fingerprint density at radius 3 is 2.86 bits per heavy atom. The Labute approximate surface area is 132 Å². The Hall–Kier alpha value is -0.630. The fourth-order valence-corrected chi connectivity index (χ4v) is 5.96. The van der Waals surface area contributed by atoms with E-state index >= 15 is 0 Å². The summed E-state index contributed by atoms with van der Waals surface area (Å²) in [5.74, 6) is 1.12. The van der Waals surface area contributed by atoms with Crippen LogP contribution in [0, 0.1) is 28.6 Å². The van der Waals surface area contributed by atoms with E-state index in [0.717, 1.165) is 25.7 Å². The molecule has 0 amide bonds. The van der Waals surface area contributed by atoms with Gasteiger partial charge in [-0.25, -0.2) is 0 Å². The van der Waals surface area contributed by atoms with E-state index < -0.39 is 17.9 Å². The average Bonchev–Trinajstić information content (AvgIpc) is 2.64. The van der Waals surface area contributed by atoms with Crippen LogP contribution >= 0.6 is 0 Å². The van der Waals surface area contributed by atoms with E-state index in [1.165, 1.54) is 5.57 Å². The normalized spacial score (nSPS) is 60.7. The molecule has 0 saturated heterocycles. The smallest absolute Gasteiger partial charge is 0.155 e. The van der Waals surface area contributed by atoms with Crippen molar-refractivity contribution in [1.82, 2.24) is 0 Å². The number of ketones is 1. The third kappa shape index (κ3) is 1.78. The minimum atomic E-state index is -2.00. The first kappa shape index (κ1) is 11.0. The standard InChI is InChI=1S/C19H28O2/c1-18-9-7-13(20)11-12(18)3-4-14-15-5-6-17(21)19(15,2)10-8-16(14)18/h11,14-17,21H,3-10H2,1-2H3/t14?,15?,16?,17-,18?,19?/m0/s1/i6D2,17D. The molecule has 4 aliphatic carbocycles. The van der Waals surface area contributed by atoms with E-state index in [2.05, 4.69) is 6.92 Å². The minimum absolute atomic E-state index is 0.0492. The van der Waals surface area contributed by atoms with Crippen molar-refractivity contribution in [3.8, 4) is 0 Å². The molecule has 116 valence electrons. The van der Waals surface area contributed by atoms with Crippen LogP contribution in [0.1, 0.15) is 69.3 Å². The molecule has 2 nitrogen and oxygen atoms in total. The predicted octanol–water partition coefficient (Wildman–Crippen LogP) is 3.88. The molecule has 0 aromatic carbocycles. The number of hydrogen-bond donors (Lipinski definition) is 1. The molecule has 4 rings (SSSR count). The number of aliphatic hydroxyl groups is 1. The van der Waals surface area contributed by atoms with E-state index in [4.69, 9.17) is 4.11 Å². The van der Waals surface area contributed by atoms with E-state index in [1.807, 2.05) is 13.0 Å². The summed E-state index contributed by atoms with van der Waals surface area (Å²) in [6, 6.07) is 0. The lowest BCUT2D eigenvalue weighted by Gasteiger charge is -2.57. The van der Waals surface area contributed by atoms with E-state index in [1.54, 1.807) is 0 Å². The minimum Gasteiger partial charge on any atom is -0.393 e. The number of hydrogen-bond acceptors (Lipinski definition) is 2. The van der Waals surface area contributed by atoms with Crippen LogP contribution in [0.2, 0.25) is 0 Å². The van der Waals surface area contributed by atoms with Crippen LogP contribution in [0.3, 0.4) is 0 Å². The summed E-state index contributed by atoms with van der Waals surface area (Å²) in [7, 11) is 0. The molecule has 0 spiro atoms. The number of allylic oxidation sites excluding steroid dienone is 1. The maximum atomic E-state index is 11.8. The quantitative estimate of drug-likeness (QED) is 0.735. The number of carbonyl (C=O) groups is 1. The van der Waals surface area contributed by atoms with Crippen molar-refractivity contribution in [1.29, 1.82) is 0 Å². The van der Waals surface area contributed by atoms with Crippen LogP contribution in [0.15, 0.2) is 11.6 Å². The molecule has 5 unspecified atom stereocenters. The van der Waals surface area contributed by atoms with E-state index in [0.29, 0.717) is 31.1 Å². The van der Waals surface area contributed by atoms with Gasteiger partial charge in [0.05, 0.1) is 7.45 Å². The van der Waals surface area contributed by atoms with Crippen molar-refractivity contribution in [3.05, 3.63) is 11.6 Å². The van der Waals surface area contributed by atoms with Gasteiger partial charge in [0, 0.05) is 9.16 Å². The van der Waals surface area contributed by atoms with Crippen molar-refractivity contribution in [2.75, 3.05) is 0 Å². The van der Waals surface area contributed by atoms with Gasteiger partial charge in [-0.15, -0.1) is 0 Å². The van der Waals surface area contributed by atoms with E-state index in [-0.39, 0.29) is 17.1 Å². The van der Waals surface area contributed by atoms with Gasteiger partial charge in [-0.1, -0.05) is 19.4 Å². The van der Waals surface area contributed by atoms with Gasteiger partial charge in [0.2, 0.25) is 0 Å². The zero-order valence-corrected chi connectivity index (χ0v) is 13.1. The third-order valence-corrected chi connectivity index (χ3v) is 7.38. The Morgan fingerprint density at radius 1 is 1.24 bits per heavy atom. The van der Waals surface area contributed by atoms with Crippen LogP contribution in [-0.4, -0.2) is 17.0 Å². The van der Waals surface area contributed by atoms with Gasteiger partial charge < -0.3 is 5.11 Å². The van der Waals surface area contributed by atoms with Crippen LogP contribution < -0.4 is 0 Å². The first-order chi connectivity index (χ1) is 11.0. The third-order valence-electron chi connectivity index (χ3n) is 7.38. The summed E-state index contributed by atoms with van der Waals surface area (Å²) in [5, 5.41) is 10.7. The zero-order chi connectivity index (χ0) is 17.5. The maximum absolute atomic E-state index is 11.8. The second kappa shape index (κ2) is 4.44. The Kier molecular flexibility index (Phi) is 2.32.